The molecule has 0 radical (unpaired) electrons. The van der Waals surface area contributed by atoms with Gasteiger partial charge < -0.3 is 20.5 Å². The van der Waals surface area contributed by atoms with Crippen LogP contribution in [0.1, 0.15) is 36.0 Å². The molecule has 0 aromatic heterocycles. The van der Waals surface area contributed by atoms with E-state index in [4.69, 9.17) is 22.1 Å². The van der Waals surface area contributed by atoms with Crippen LogP contribution in [0.5, 0.6) is 5.75 Å². The van der Waals surface area contributed by atoms with Gasteiger partial charge in [0.05, 0.1) is 29.5 Å². The van der Waals surface area contributed by atoms with E-state index in [2.05, 4.69) is 0 Å². The van der Waals surface area contributed by atoms with E-state index in [9.17, 15) is 9.90 Å². The van der Waals surface area contributed by atoms with E-state index < -0.39 is 0 Å². The van der Waals surface area contributed by atoms with E-state index in [-0.39, 0.29) is 24.1 Å². The van der Waals surface area contributed by atoms with Gasteiger partial charge in [0, 0.05) is 18.2 Å². The van der Waals surface area contributed by atoms with Crippen LogP contribution in [0, 0.1) is 0 Å². The molecule has 3 rings (SSSR count). The number of hydrogen-bond acceptors (Lipinski definition) is 4. The lowest BCUT2D eigenvalue weighted by atomic mass is 9.98. The van der Waals surface area contributed by atoms with Crippen LogP contribution in [0.3, 0.4) is 0 Å². The Morgan fingerprint density at radius 2 is 2.00 bits per heavy atom. The second kappa shape index (κ2) is 5.39. The summed E-state index contributed by atoms with van der Waals surface area (Å²) in [4.78, 5) is 14.8. The number of aliphatic hydroxyl groups is 1. The average molecular weight is 311 g/mol. The Morgan fingerprint density at radius 1 is 1.38 bits per heavy atom. The van der Waals surface area contributed by atoms with E-state index in [1.54, 1.807) is 12.1 Å². The first-order valence-electron chi connectivity index (χ1n) is 7.15. The highest BCUT2D eigenvalue weighted by molar-refractivity contribution is 6.33. The van der Waals surface area contributed by atoms with Crippen molar-refractivity contribution < 1.29 is 14.6 Å². The van der Waals surface area contributed by atoms with Crippen LogP contribution >= 0.6 is 11.6 Å². The van der Waals surface area contributed by atoms with Gasteiger partial charge in [-0.15, -0.1) is 0 Å². The summed E-state index contributed by atoms with van der Waals surface area (Å²) in [6, 6.07) is 3.36. The van der Waals surface area contributed by atoms with Crippen molar-refractivity contribution in [2.75, 3.05) is 12.8 Å². The molecule has 0 spiro atoms. The molecule has 2 aliphatic heterocycles. The molecular weight excluding hydrogens is 292 g/mol. The summed E-state index contributed by atoms with van der Waals surface area (Å²) in [5, 5.41) is 10.2. The van der Waals surface area contributed by atoms with Crippen LogP contribution in [-0.2, 0) is 0 Å². The Balaban J connectivity index is 1.94. The van der Waals surface area contributed by atoms with Gasteiger partial charge in [-0.25, -0.2) is 0 Å². The predicted molar refractivity (Wildman–Crippen MR) is 80.6 cm³/mol. The molecule has 0 aliphatic carbocycles. The smallest absolute Gasteiger partial charge is 0.258 e. The maximum atomic E-state index is 12.9. The van der Waals surface area contributed by atoms with Crippen molar-refractivity contribution in [2.24, 2.45) is 0 Å². The number of halogens is 1. The number of ether oxygens (including phenoxy) is 1. The number of piperidine rings is 1. The van der Waals surface area contributed by atoms with E-state index in [0.29, 0.717) is 34.9 Å². The summed E-state index contributed by atoms with van der Waals surface area (Å²) in [7, 11) is 1.51. The minimum atomic E-state index is -0.302. The highest BCUT2D eigenvalue weighted by Crippen LogP contribution is 2.39. The quantitative estimate of drug-likeness (QED) is 0.820. The lowest BCUT2D eigenvalue weighted by Crippen LogP contribution is -2.48. The van der Waals surface area contributed by atoms with Gasteiger partial charge in [-0.1, -0.05) is 11.6 Å². The van der Waals surface area contributed by atoms with Crippen molar-refractivity contribution in [1.82, 2.24) is 4.90 Å². The van der Waals surface area contributed by atoms with Crippen molar-refractivity contribution in [3.05, 3.63) is 22.7 Å². The lowest BCUT2D eigenvalue weighted by molar-refractivity contribution is 0.0285. The van der Waals surface area contributed by atoms with Crippen molar-refractivity contribution in [2.45, 2.75) is 43.9 Å². The molecule has 2 bridgehead atoms. The molecule has 114 valence electrons. The molecule has 1 amide bonds. The Kier molecular flexibility index (Phi) is 3.71. The summed E-state index contributed by atoms with van der Waals surface area (Å²) in [6.07, 6.45) is 2.88. The Hall–Kier alpha value is -1.46. The minimum Gasteiger partial charge on any atom is -0.496 e. The molecule has 2 aliphatic rings. The second-order valence-electron chi connectivity index (χ2n) is 5.80. The zero-order valence-electron chi connectivity index (χ0n) is 11.9. The van der Waals surface area contributed by atoms with Gasteiger partial charge in [0.1, 0.15) is 5.75 Å². The van der Waals surface area contributed by atoms with E-state index in [1.807, 2.05) is 4.90 Å². The Labute approximate surface area is 128 Å². The van der Waals surface area contributed by atoms with E-state index in [0.717, 1.165) is 12.8 Å². The number of nitrogen functional groups attached to an aromatic ring is 1. The van der Waals surface area contributed by atoms with Crippen LogP contribution in [0.25, 0.3) is 0 Å². The molecule has 6 heteroatoms. The molecule has 5 nitrogen and oxygen atoms in total. The number of fused-ring (bicyclic) bond motifs is 2. The summed E-state index contributed by atoms with van der Waals surface area (Å²) >= 11 is 6.05. The van der Waals surface area contributed by atoms with Crippen molar-refractivity contribution in [3.8, 4) is 5.75 Å². The number of benzene rings is 1. The molecule has 2 atom stereocenters. The Bertz CT molecular complexity index is 564. The highest BCUT2D eigenvalue weighted by atomic mass is 35.5. The molecule has 1 aromatic rings. The maximum Gasteiger partial charge on any atom is 0.258 e. The van der Waals surface area contributed by atoms with Gasteiger partial charge in [0.25, 0.3) is 5.91 Å². The predicted octanol–water partition coefficient (Wildman–Crippen LogP) is 2.06. The molecule has 3 N–H and O–H groups in total. The number of carbonyl (C=O) groups excluding carboxylic acids is 1. The largest absolute Gasteiger partial charge is 0.496 e. The number of hydrogen-bond donors (Lipinski definition) is 2. The summed E-state index contributed by atoms with van der Waals surface area (Å²) < 4.78 is 5.27. The minimum absolute atomic E-state index is 0.0897. The van der Waals surface area contributed by atoms with Crippen molar-refractivity contribution in [3.63, 3.8) is 0 Å². The molecule has 2 saturated heterocycles. The van der Waals surface area contributed by atoms with E-state index in [1.165, 1.54) is 7.11 Å². The van der Waals surface area contributed by atoms with Crippen LogP contribution in [-0.4, -0.2) is 41.2 Å². The second-order valence-corrected chi connectivity index (χ2v) is 6.20. The highest BCUT2D eigenvalue weighted by Gasteiger charge is 2.43. The zero-order valence-corrected chi connectivity index (χ0v) is 12.6. The molecule has 2 unspecified atom stereocenters. The standard InChI is InChI=1S/C15H19ClN2O3/c1-21-14-7-13(17)12(16)6-11(14)15(20)18-8-2-3-9(18)5-10(19)4-8/h6-10,19H,2-5,17H2,1H3. The van der Waals surface area contributed by atoms with Crippen LogP contribution in [0.4, 0.5) is 5.69 Å². The number of aliphatic hydroxyl groups excluding tert-OH is 1. The van der Waals surface area contributed by atoms with Crippen LogP contribution in [0.15, 0.2) is 12.1 Å². The summed E-state index contributed by atoms with van der Waals surface area (Å²) in [5.41, 5.74) is 6.58. The van der Waals surface area contributed by atoms with Gasteiger partial charge in [0.2, 0.25) is 0 Å². The molecule has 21 heavy (non-hydrogen) atoms. The fourth-order valence-corrected chi connectivity index (χ4v) is 3.69. The van der Waals surface area contributed by atoms with Crippen molar-refractivity contribution >= 4 is 23.2 Å². The fraction of sp³-hybridized carbons (Fsp3) is 0.533. The van der Waals surface area contributed by atoms with Gasteiger partial charge in [-0.05, 0) is 31.7 Å². The topological polar surface area (TPSA) is 75.8 Å². The summed E-state index contributed by atoms with van der Waals surface area (Å²) in [5.74, 6) is 0.348. The third-order valence-electron chi connectivity index (χ3n) is 4.49. The molecular formula is C15H19ClN2O3. The van der Waals surface area contributed by atoms with Crippen molar-refractivity contribution in [1.29, 1.82) is 0 Å². The number of nitrogens with zero attached hydrogens (tertiary/aromatic N) is 1. The van der Waals surface area contributed by atoms with Crippen LogP contribution < -0.4 is 10.5 Å². The molecule has 0 saturated carbocycles. The monoisotopic (exact) mass is 310 g/mol. The normalized spacial score (nSPS) is 27.8. The SMILES string of the molecule is COc1cc(N)c(Cl)cc1C(=O)N1C2CCC1CC(O)C2. The van der Waals surface area contributed by atoms with Gasteiger partial charge in [-0.2, -0.15) is 0 Å². The van der Waals surface area contributed by atoms with Gasteiger partial charge >= 0.3 is 0 Å². The fourth-order valence-electron chi connectivity index (χ4n) is 3.52. The Morgan fingerprint density at radius 3 is 2.57 bits per heavy atom. The summed E-state index contributed by atoms with van der Waals surface area (Å²) in [6.45, 7) is 0. The number of amides is 1. The number of anilines is 1. The first-order valence-corrected chi connectivity index (χ1v) is 7.52. The molecule has 2 fully saturated rings. The third kappa shape index (κ3) is 2.45. The molecule has 1 aromatic carbocycles. The number of nitrogens with two attached hydrogens (primary N) is 1. The van der Waals surface area contributed by atoms with E-state index >= 15 is 0 Å². The number of methoxy groups -OCH3 is 1. The first-order chi connectivity index (χ1) is 10.0. The molecule has 2 heterocycles. The number of carbonyl (C=O) groups is 1. The first kappa shape index (κ1) is 14.5. The number of rotatable bonds is 2. The van der Waals surface area contributed by atoms with Gasteiger partial charge in [-0.3, -0.25) is 4.79 Å². The maximum absolute atomic E-state index is 12.9. The third-order valence-corrected chi connectivity index (χ3v) is 4.82. The lowest BCUT2D eigenvalue weighted by Gasteiger charge is -2.37. The zero-order chi connectivity index (χ0) is 15.1. The van der Waals surface area contributed by atoms with Gasteiger partial charge in [0.15, 0.2) is 0 Å². The average Bonchev–Trinajstić information content (AvgIpc) is 2.72. The van der Waals surface area contributed by atoms with Crippen LogP contribution in [0.2, 0.25) is 5.02 Å².